The molecule has 5 heteroatoms. The molecule has 0 spiro atoms. The third-order valence-electron chi connectivity index (χ3n) is 5.57. The van der Waals surface area contributed by atoms with Gasteiger partial charge in [0.05, 0.1) is 13.0 Å². The molecule has 0 aliphatic heterocycles. The van der Waals surface area contributed by atoms with Crippen molar-refractivity contribution in [3.63, 3.8) is 0 Å². The summed E-state index contributed by atoms with van der Waals surface area (Å²) >= 11 is 0. The molecule has 144 valence electrons. The zero-order chi connectivity index (χ0) is 19.3. The molecular formula is C21H32N2O3. The molecule has 1 unspecified atom stereocenters. The minimum absolute atomic E-state index is 0.103. The molecule has 1 N–H and O–H groups in total. The maximum Gasteiger partial charge on any atom is 0.406 e. The van der Waals surface area contributed by atoms with Gasteiger partial charge in [-0.3, -0.25) is 4.79 Å². The number of hydrogen-bond donors (Lipinski definition) is 1. The number of methoxy groups -OCH3 is 1. The summed E-state index contributed by atoms with van der Waals surface area (Å²) in [5, 5.41) is 2.64. The van der Waals surface area contributed by atoms with Crippen molar-refractivity contribution in [1.29, 1.82) is 0 Å². The summed E-state index contributed by atoms with van der Waals surface area (Å²) in [6, 6.07) is 7.11. The predicted molar refractivity (Wildman–Crippen MR) is 103 cm³/mol. The molecule has 1 fully saturated rings. The lowest BCUT2D eigenvalue weighted by Gasteiger charge is -2.42. The van der Waals surface area contributed by atoms with Crippen molar-refractivity contribution in [3.8, 4) is 0 Å². The second kappa shape index (κ2) is 9.06. The standard InChI is InChI=1S/C21H32N2O3/c1-6-15-8-14(3)9-17(10-15)18-11-19(12-18)23(4)20(24)16(7-2)13-22-21(25)26-5/h8-10,16,18-19H,6-7,11-13H2,1-5H3,(H,22,25). The van der Waals surface area contributed by atoms with Crippen LogP contribution in [0.4, 0.5) is 4.79 Å². The fourth-order valence-electron chi connectivity index (χ4n) is 3.66. The molecule has 5 nitrogen and oxygen atoms in total. The Morgan fingerprint density at radius 1 is 1.27 bits per heavy atom. The van der Waals surface area contributed by atoms with Crippen LogP contribution >= 0.6 is 0 Å². The molecule has 2 amide bonds. The molecule has 1 saturated carbocycles. The average Bonchev–Trinajstić information content (AvgIpc) is 2.59. The zero-order valence-corrected chi connectivity index (χ0v) is 16.7. The number of benzene rings is 1. The predicted octanol–water partition coefficient (Wildman–Crippen LogP) is 3.64. The fourth-order valence-corrected chi connectivity index (χ4v) is 3.66. The molecular weight excluding hydrogens is 328 g/mol. The first kappa shape index (κ1) is 20.3. The summed E-state index contributed by atoms with van der Waals surface area (Å²) in [4.78, 5) is 25.9. The minimum atomic E-state index is -0.492. The topological polar surface area (TPSA) is 58.6 Å². The van der Waals surface area contributed by atoms with Gasteiger partial charge >= 0.3 is 6.09 Å². The highest BCUT2D eigenvalue weighted by Gasteiger charge is 2.36. The van der Waals surface area contributed by atoms with E-state index in [1.54, 1.807) is 0 Å². The summed E-state index contributed by atoms with van der Waals surface area (Å²) in [5.74, 6) is 0.434. The highest BCUT2D eigenvalue weighted by molar-refractivity contribution is 5.80. The summed E-state index contributed by atoms with van der Waals surface area (Å²) in [6.07, 6.45) is 3.27. The van der Waals surface area contributed by atoms with E-state index in [-0.39, 0.29) is 17.9 Å². The van der Waals surface area contributed by atoms with Gasteiger partial charge in [-0.25, -0.2) is 4.79 Å². The minimum Gasteiger partial charge on any atom is -0.453 e. The van der Waals surface area contributed by atoms with E-state index in [9.17, 15) is 9.59 Å². The molecule has 1 atom stereocenters. The van der Waals surface area contributed by atoms with Crippen LogP contribution in [0.15, 0.2) is 18.2 Å². The van der Waals surface area contributed by atoms with Crippen LogP contribution < -0.4 is 5.32 Å². The van der Waals surface area contributed by atoms with E-state index < -0.39 is 6.09 Å². The summed E-state index contributed by atoms with van der Waals surface area (Å²) in [7, 11) is 3.21. The monoisotopic (exact) mass is 360 g/mol. The quantitative estimate of drug-likeness (QED) is 0.807. The zero-order valence-electron chi connectivity index (χ0n) is 16.7. The largest absolute Gasteiger partial charge is 0.453 e. The number of aryl methyl sites for hydroxylation is 2. The van der Waals surface area contributed by atoms with E-state index >= 15 is 0 Å². The second-order valence-electron chi connectivity index (χ2n) is 7.35. The molecule has 0 aromatic heterocycles. The van der Waals surface area contributed by atoms with Crippen LogP contribution in [0.1, 0.15) is 55.7 Å². The van der Waals surface area contributed by atoms with Crippen LogP contribution in [0.2, 0.25) is 0 Å². The smallest absolute Gasteiger partial charge is 0.406 e. The molecule has 1 aliphatic carbocycles. The molecule has 1 aromatic carbocycles. The first-order valence-electron chi connectivity index (χ1n) is 9.58. The third kappa shape index (κ3) is 4.77. The van der Waals surface area contributed by atoms with E-state index in [1.807, 2.05) is 18.9 Å². The van der Waals surface area contributed by atoms with Gasteiger partial charge in [0.1, 0.15) is 0 Å². The number of carbonyl (C=O) groups is 2. The van der Waals surface area contributed by atoms with Gasteiger partial charge in [0.2, 0.25) is 5.91 Å². The first-order chi connectivity index (χ1) is 12.4. The number of nitrogens with one attached hydrogen (secondary N) is 1. The number of alkyl carbamates (subject to hydrolysis) is 1. The van der Waals surface area contributed by atoms with Gasteiger partial charge in [-0.15, -0.1) is 0 Å². The maximum absolute atomic E-state index is 12.7. The molecule has 2 rings (SSSR count). The summed E-state index contributed by atoms with van der Waals surface area (Å²) in [6.45, 7) is 6.62. The van der Waals surface area contributed by atoms with Crippen molar-refractivity contribution in [2.45, 2.75) is 58.4 Å². The second-order valence-corrected chi connectivity index (χ2v) is 7.35. The normalized spacial score (nSPS) is 20.0. The summed E-state index contributed by atoms with van der Waals surface area (Å²) < 4.78 is 4.58. The van der Waals surface area contributed by atoms with Crippen LogP contribution in [0.25, 0.3) is 0 Å². The highest BCUT2D eigenvalue weighted by Crippen LogP contribution is 2.40. The van der Waals surface area contributed by atoms with E-state index in [0.717, 1.165) is 19.3 Å². The molecule has 0 heterocycles. The van der Waals surface area contributed by atoms with Gasteiger partial charge in [0.15, 0.2) is 0 Å². The van der Waals surface area contributed by atoms with Gasteiger partial charge in [-0.05, 0) is 49.7 Å². The van der Waals surface area contributed by atoms with E-state index in [2.05, 4.69) is 42.1 Å². The van der Waals surface area contributed by atoms with Crippen LogP contribution in [0.5, 0.6) is 0 Å². The Balaban J connectivity index is 1.91. The van der Waals surface area contributed by atoms with Crippen LogP contribution in [0, 0.1) is 12.8 Å². The lowest BCUT2D eigenvalue weighted by molar-refractivity contribution is -0.138. The van der Waals surface area contributed by atoms with Gasteiger partial charge in [-0.1, -0.05) is 37.6 Å². The molecule has 0 radical (unpaired) electrons. The Labute approximate surface area is 157 Å². The van der Waals surface area contributed by atoms with Crippen LogP contribution in [-0.2, 0) is 16.0 Å². The van der Waals surface area contributed by atoms with Gasteiger partial charge in [-0.2, -0.15) is 0 Å². The van der Waals surface area contributed by atoms with Crippen molar-refractivity contribution < 1.29 is 14.3 Å². The SMILES string of the molecule is CCc1cc(C)cc(C2CC(N(C)C(=O)C(CC)CNC(=O)OC)C2)c1. The molecule has 1 aliphatic rings. The number of nitrogens with zero attached hydrogens (tertiary/aromatic N) is 1. The number of carbonyl (C=O) groups excluding carboxylic acids is 2. The number of hydrogen-bond acceptors (Lipinski definition) is 3. The fraction of sp³-hybridized carbons (Fsp3) is 0.619. The van der Waals surface area contributed by atoms with Crippen LogP contribution in [-0.4, -0.2) is 43.6 Å². The number of ether oxygens (including phenoxy) is 1. The Hall–Kier alpha value is -2.04. The van der Waals surface area contributed by atoms with Gasteiger partial charge in [0, 0.05) is 19.6 Å². The van der Waals surface area contributed by atoms with Crippen molar-refractivity contribution in [2.75, 3.05) is 20.7 Å². The van der Waals surface area contributed by atoms with E-state index in [1.165, 1.54) is 23.8 Å². The number of amides is 2. The number of rotatable bonds is 7. The lowest BCUT2D eigenvalue weighted by Crippen LogP contribution is -2.48. The lowest BCUT2D eigenvalue weighted by atomic mass is 9.74. The van der Waals surface area contributed by atoms with Crippen molar-refractivity contribution in [2.24, 2.45) is 5.92 Å². The van der Waals surface area contributed by atoms with Crippen LogP contribution in [0.3, 0.4) is 0 Å². The Bertz CT molecular complexity index is 638. The molecule has 0 saturated heterocycles. The molecule has 26 heavy (non-hydrogen) atoms. The Kier molecular flexibility index (Phi) is 7.06. The van der Waals surface area contributed by atoms with Crippen molar-refractivity contribution in [3.05, 3.63) is 34.9 Å². The average molecular weight is 360 g/mol. The third-order valence-corrected chi connectivity index (χ3v) is 5.57. The van der Waals surface area contributed by atoms with Crippen molar-refractivity contribution >= 4 is 12.0 Å². The van der Waals surface area contributed by atoms with Gasteiger partial charge < -0.3 is 15.0 Å². The van der Waals surface area contributed by atoms with E-state index in [0.29, 0.717) is 18.9 Å². The highest BCUT2D eigenvalue weighted by atomic mass is 16.5. The van der Waals surface area contributed by atoms with E-state index in [4.69, 9.17) is 0 Å². The van der Waals surface area contributed by atoms with Crippen molar-refractivity contribution in [1.82, 2.24) is 10.2 Å². The molecule has 0 bridgehead atoms. The molecule has 1 aromatic rings. The summed E-state index contributed by atoms with van der Waals surface area (Å²) in [5.41, 5.74) is 4.10. The Morgan fingerprint density at radius 2 is 1.96 bits per heavy atom. The maximum atomic E-state index is 12.7. The van der Waals surface area contributed by atoms with Gasteiger partial charge in [0.25, 0.3) is 0 Å². The first-order valence-corrected chi connectivity index (χ1v) is 9.58. The Morgan fingerprint density at radius 3 is 2.54 bits per heavy atom.